The van der Waals surface area contributed by atoms with Crippen molar-refractivity contribution >= 4 is 5.97 Å². The van der Waals surface area contributed by atoms with Crippen LogP contribution in [-0.4, -0.2) is 16.1 Å². The first-order valence-corrected chi connectivity index (χ1v) is 2.96. The Morgan fingerprint density at radius 3 is 2.82 bits per heavy atom. The van der Waals surface area contributed by atoms with Crippen LogP contribution in [0.5, 0.6) is 0 Å². The summed E-state index contributed by atoms with van der Waals surface area (Å²) in [5.41, 5.74) is 0.0723. The Morgan fingerprint density at radius 2 is 2.36 bits per heavy atom. The molecule has 0 saturated carbocycles. The van der Waals surface area contributed by atoms with Gasteiger partial charge in [-0.15, -0.1) is 0 Å². The molecule has 1 N–H and O–H groups in total. The van der Waals surface area contributed by atoms with Crippen molar-refractivity contribution in [2.24, 2.45) is 0 Å². The van der Waals surface area contributed by atoms with E-state index in [2.05, 4.69) is 4.98 Å². The number of carboxylic acids is 1. The molecule has 0 saturated heterocycles. The van der Waals surface area contributed by atoms with Crippen molar-refractivity contribution in [1.29, 1.82) is 0 Å². The molecule has 0 aromatic carbocycles. The van der Waals surface area contributed by atoms with Crippen molar-refractivity contribution in [2.45, 2.75) is 6.92 Å². The van der Waals surface area contributed by atoms with Crippen LogP contribution in [-0.2, 0) is 0 Å². The van der Waals surface area contributed by atoms with Crippen LogP contribution < -0.4 is 0 Å². The number of carbonyl (C=O) groups is 1. The molecular formula is C7H6FNO2. The highest BCUT2D eigenvalue weighted by Gasteiger charge is 2.09. The Labute approximate surface area is 62.5 Å². The topological polar surface area (TPSA) is 50.2 Å². The maximum Gasteiger partial charge on any atom is 0.340 e. The first-order chi connectivity index (χ1) is 5.11. The van der Waals surface area contributed by atoms with Crippen LogP contribution in [0.1, 0.15) is 16.1 Å². The van der Waals surface area contributed by atoms with Crippen molar-refractivity contribution in [1.82, 2.24) is 4.98 Å². The van der Waals surface area contributed by atoms with Crippen molar-refractivity contribution in [3.8, 4) is 0 Å². The summed E-state index contributed by atoms with van der Waals surface area (Å²) >= 11 is 0. The van der Waals surface area contributed by atoms with E-state index in [1.54, 1.807) is 6.92 Å². The monoisotopic (exact) mass is 155 g/mol. The van der Waals surface area contributed by atoms with E-state index in [1.807, 2.05) is 0 Å². The zero-order valence-electron chi connectivity index (χ0n) is 5.84. The zero-order valence-corrected chi connectivity index (χ0v) is 5.84. The summed E-state index contributed by atoms with van der Waals surface area (Å²) < 4.78 is 12.7. The third kappa shape index (κ3) is 1.52. The van der Waals surface area contributed by atoms with Gasteiger partial charge < -0.3 is 5.11 Å². The standard InChI is InChI=1S/C7H6FNO2/c1-4-2-6(8)5(3-9-4)7(10)11/h2-3H,1H3,(H,10,11). The SMILES string of the molecule is Cc1cc(F)c(C(=O)O)cn1. The summed E-state index contributed by atoms with van der Waals surface area (Å²) in [6.45, 7) is 1.59. The Morgan fingerprint density at radius 1 is 1.73 bits per heavy atom. The molecule has 4 heteroatoms. The van der Waals surface area contributed by atoms with Crippen molar-refractivity contribution in [3.05, 3.63) is 29.3 Å². The van der Waals surface area contributed by atoms with Gasteiger partial charge in [-0.05, 0) is 13.0 Å². The third-order valence-electron chi connectivity index (χ3n) is 1.22. The van der Waals surface area contributed by atoms with Crippen molar-refractivity contribution in [3.63, 3.8) is 0 Å². The molecule has 0 unspecified atom stereocenters. The van der Waals surface area contributed by atoms with Crippen LogP contribution in [0.15, 0.2) is 12.3 Å². The first kappa shape index (κ1) is 7.65. The fraction of sp³-hybridized carbons (Fsp3) is 0.143. The highest BCUT2D eigenvalue weighted by molar-refractivity contribution is 5.87. The maximum atomic E-state index is 12.7. The van der Waals surface area contributed by atoms with E-state index >= 15 is 0 Å². The van der Waals surface area contributed by atoms with Gasteiger partial charge in [0.25, 0.3) is 0 Å². The van der Waals surface area contributed by atoms with E-state index < -0.39 is 17.3 Å². The van der Waals surface area contributed by atoms with E-state index in [-0.39, 0.29) is 0 Å². The number of carboxylic acid groups (broad SMARTS) is 1. The first-order valence-electron chi connectivity index (χ1n) is 2.96. The highest BCUT2D eigenvalue weighted by atomic mass is 19.1. The Bertz CT molecular complexity index is 298. The van der Waals surface area contributed by atoms with Gasteiger partial charge in [-0.25, -0.2) is 9.18 Å². The minimum atomic E-state index is -1.30. The van der Waals surface area contributed by atoms with Gasteiger partial charge in [0.15, 0.2) is 0 Å². The summed E-state index contributed by atoms with van der Waals surface area (Å²) in [5.74, 6) is -2.04. The lowest BCUT2D eigenvalue weighted by molar-refractivity contribution is 0.0691. The lowest BCUT2D eigenvalue weighted by atomic mass is 10.2. The third-order valence-corrected chi connectivity index (χ3v) is 1.22. The highest BCUT2D eigenvalue weighted by Crippen LogP contribution is 2.06. The number of nitrogens with zero attached hydrogens (tertiary/aromatic N) is 1. The molecule has 0 amide bonds. The molecule has 0 spiro atoms. The van der Waals surface area contributed by atoms with E-state index in [0.29, 0.717) is 5.69 Å². The molecule has 58 valence electrons. The lowest BCUT2D eigenvalue weighted by Crippen LogP contribution is -2.01. The average molecular weight is 155 g/mol. The molecule has 1 heterocycles. The van der Waals surface area contributed by atoms with Crippen LogP contribution >= 0.6 is 0 Å². The number of pyridine rings is 1. The molecule has 0 atom stereocenters. The number of hydrogen-bond acceptors (Lipinski definition) is 2. The second kappa shape index (κ2) is 2.65. The molecule has 0 aliphatic heterocycles. The number of halogens is 1. The Balaban J connectivity index is 3.20. The summed E-state index contributed by atoms with van der Waals surface area (Å²) in [6.07, 6.45) is 1.01. The smallest absolute Gasteiger partial charge is 0.340 e. The normalized spacial score (nSPS) is 9.64. The molecule has 0 radical (unpaired) electrons. The van der Waals surface area contributed by atoms with Gasteiger partial charge in [-0.1, -0.05) is 0 Å². The molecule has 3 nitrogen and oxygen atoms in total. The number of hydrogen-bond donors (Lipinski definition) is 1. The summed E-state index contributed by atoms with van der Waals surface area (Å²) in [5, 5.41) is 8.38. The van der Waals surface area contributed by atoms with Gasteiger partial charge in [0, 0.05) is 11.9 Å². The number of aromatic nitrogens is 1. The summed E-state index contributed by atoms with van der Waals surface area (Å²) in [7, 11) is 0. The van der Waals surface area contributed by atoms with Gasteiger partial charge in [0.05, 0.1) is 0 Å². The fourth-order valence-corrected chi connectivity index (χ4v) is 0.684. The van der Waals surface area contributed by atoms with Gasteiger partial charge in [0.1, 0.15) is 11.4 Å². The number of aryl methyl sites for hydroxylation is 1. The van der Waals surface area contributed by atoms with Gasteiger partial charge >= 0.3 is 5.97 Å². The minimum Gasteiger partial charge on any atom is -0.478 e. The van der Waals surface area contributed by atoms with Gasteiger partial charge in [-0.2, -0.15) is 0 Å². The second-order valence-electron chi connectivity index (χ2n) is 2.11. The molecule has 1 aromatic rings. The van der Waals surface area contributed by atoms with Crippen LogP contribution in [0, 0.1) is 12.7 Å². The van der Waals surface area contributed by atoms with E-state index in [1.165, 1.54) is 0 Å². The summed E-state index contributed by atoms with van der Waals surface area (Å²) in [6, 6.07) is 1.09. The minimum absolute atomic E-state index is 0.393. The van der Waals surface area contributed by atoms with Gasteiger partial charge in [-0.3, -0.25) is 4.98 Å². The Hall–Kier alpha value is -1.45. The zero-order chi connectivity index (χ0) is 8.43. The Kier molecular flexibility index (Phi) is 1.85. The van der Waals surface area contributed by atoms with Gasteiger partial charge in [0.2, 0.25) is 0 Å². The molecular weight excluding hydrogens is 149 g/mol. The van der Waals surface area contributed by atoms with Crippen molar-refractivity contribution in [2.75, 3.05) is 0 Å². The summed E-state index contributed by atoms with van der Waals surface area (Å²) in [4.78, 5) is 13.9. The molecule has 11 heavy (non-hydrogen) atoms. The molecule has 1 rings (SSSR count). The fourth-order valence-electron chi connectivity index (χ4n) is 0.684. The van der Waals surface area contributed by atoms with Crippen LogP contribution in [0.3, 0.4) is 0 Å². The lowest BCUT2D eigenvalue weighted by Gasteiger charge is -1.96. The van der Waals surface area contributed by atoms with Crippen LogP contribution in [0.4, 0.5) is 4.39 Å². The number of aromatic carboxylic acids is 1. The van der Waals surface area contributed by atoms with E-state index in [0.717, 1.165) is 12.3 Å². The maximum absolute atomic E-state index is 12.7. The molecule has 1 aromatic heterocycles. The van der Waals surface area contributed by atoms with Crippen molar-refractivity contribution < 1.29 is 14.3 Å². The quantitative estimate of drug-likeness (QED) is 0.663. The predicted octanol–water partition coefficient (Wildman–Crippen LogP) is 1.23. The molecule has 0 fully saturated rings. The average Bonchev–Trinajstić information content (AvgIpc) is 1.85. The largest absolute Gasteiger partial charge is 0.478 e. The number of rotatable bonds is 1. The molecule has 0 aliphatic carbocycles. The van der Waals surface area contributed by atoms with Crippen LogP contribution in [0.2, 0.25) is 0 Å². The molecule has 0 aliphatic rings. The molecule has 0 bridgehead atoms. The van der Waals surface area contributed by atoms with Crippen LogP contribution in [0.25, 0.3) is 0 Å². The predicted molar refractivity (Wildman–Crippen MR) is 35.9 cm³/mol. The van der Waals surface area contributed by atoms with E-state index in [4.69, 9.17) is 5.11 Å². The van der Waals surface area contributed by atoms with E-state index in [9.17, 15) is 9.18 Å². The second-order valence-corrected chi connectivity index (χ2v) is 2.11.